The SMILES string of the molecule is O=C(O)CCCC(=O)NCCc1ccccc1O. The van der Waals surface area contributed by atoms with Crippen LogP contribution in [0.25, 0.3) is 0 Å². The molecule has 0 bridgehead atoms. The van der Waals surface area contributed by atoms with E-state index >= 15 is 0 Å². The fraction of sp³-hybridized carbons (Fsp3) is 0.385. The van der Waals surface area contributed by atoms with E-state index in [-0.39, 0.29) is 24.5 Å². The lowest BCUT2D eigenvalue weighted by molar-refractivity contribution is -0.137. The predicted molar refractivity (Wildman–Crippen MR) is 66.3 cm³/mol. The molecule has 0 saturated heterocycles. The highest BCUT2D eigenvalue weighted by molar-refractivity contribution is 5.76. The van der Waals surface area contributed by atoms with Gasteiger partial charge in [-0.3, -0.25) is 9.59 Å². The van der Waals surface area contributed by atoms with Crippen LogP contribution in [0, 0.1) is 0 Å². The van der Waals surface area contributed by atoms with E-state index in [9.17, 15) is 14.7 Å². The number of para-hydroxylation sites is 1. The minimum absolute atomic E-state index is 0.00684. The summed E-state index contributed by atoms with van der Waals surface area (Å²) in [4.78, 5) is 21.6. The average Bonchev–Trinajstić information content (AvgIpc) is 2.31. The van der Waals surface area contributed by atoms with Crippen LogP contribution in [0.1, 0.15) is 24.8 Å². The number of hydrogen-bond acceptors (Lipinski definition) is 3. The molecule has 0 aromatic heterocycles. The monoisotopic (exact) mass is 251 g/mol. The Morgan fingerprint density at radius 1 is 1.17 bits per heavy atom. The molecule has 0 spiro atoms. The highest BCUT2D eigenvalue weighted by Crippen LogP contribution is 2.15. The molecule has 3 N–H and O–H groups in total. The summed E-state index contributed by atoms with van der Waals surface area (Å²) in [7, 11) is 0. The summed E-state index contributed by atoms with van der Waals surface area (Å²) in [5.41, 5.74) is 0.781. The van der Waals surface area contributed by atoms with E-state index in [1.807, 2.05) is 6.07 Å². The third-order valence-electron chi connectivity index (χ3n) is 2.50. The number of hydrogen-bond donors (Lipinski definition) is 3. The molecular weight excluding hydrogens is 234 g/mol. The molecule has 0 atom stereocenters. The molecule has 0 aliphatic carbocycles. The van der Waals surface area contributed by atoms with Gasteiger partial charge in [-0.1, -0.05) is 18.2 Å². The van der Waals surface area contributed by atoms with Crippen LogP contribution in [0.3, 0.4) is 0 Å². The number of carboxylic acids is 1. The number of amides is 1. The zero-order valence-corrected chi connectivity index (χ0v) is 10.1. The summed E-state index contributed by atoms with van der Waals surface area (Å²) in [6.45, 7) is 0.434. The number of carbonyl (C=O) groups excluding carboxylic acids is 1. The summed E-state index contributed by atoms with van der Waals surface area (Å²) in [6, 6.07) is 6.96. The van der Waals surface area contributed by atoms with Crippen LogP contribution >= 0.6 is 0 Å². The van der Waals surface area contributed by atoms with Crippen molar-refractivity contribution in [2.24, 2.45) is 0 Å². The van der Waals surface area contributed by atoms with Gasteiger partial charge in [0.15, 0.2) is 0 Å². The summed E-state index contributed by atoms with van der Waals surface area (Å²) in [6.07, 6.45) is 1.12. The second-order valence-electron chi connectivity index (χ2n) is 3.98. The van der Waals surface area contributed by atoms with Crippen molar-refractivity contribution < 1.29 is 19.8 Å². The van der Waals surface area contributed by atoms with Gasteiger partial charge in [0.05, 0.1) is 0 Å². The lowest BCUT2D eigenvalue weighted by Crippen LogP contribution is -2.25. The third-order valence-corrected chi connectivity index (χ3v) is 2.50. The Labute approximate surface area is 105 Å². The van der Waals surface area contributed by atoms with Gasteiger partial charge in [-0.05, 0) is 24.5 Å². The number of benzene rings is 1. The molecule has 1 aromatic rings. The van der Waals surface area contributed by atoms with Crippen molar-refractivity contribution in [1.29, 1.82) is 0 Å². The van der Waals surface area contributed by atoms with Crippen LogP contribution in [0.2, 0.25) is 0 Å². The molecule has 0 unspecified atom stereocenters. The lowest BCUT2D eigenvalue weighted by Gasteiger charge is -2.06. The maximum Gasteiger partial charge on any atom is 0.303 e. The van der Waals surface area contributed by atoms with Crippen molar-refractivity contribution in [3.05, 3.63) is 29.8 Å². The van der Waals surface area contributed by atoms with Gasteiger partial charge in [-0.25, -0.2) is 0 Å². The van der Waals surface area contributed by atoms with Gasteiger partial charge in [-0.15, -0.1) is 0 Å². The Morgan fingerprint density at radius 3 is 2.56 bits per heavy atom. The largest absolute Gasteiger partial charge is 0.508 e. The van der Waals surface area contributed by atoms with E-state index < -0.39 is 5.97 Å². The van der Waals surface area contributed by atoms with Gasteiger partial charge in [0.2, 0.25) is 5.91 Å². The molecule has 18 heavy (non-hydrogen) atoms. The van der Waals surface area contributed by atoms with Crippen LogP contribution in [0.5, 0.6) is 5.75 Å². The molecule has 0 radical (unpaired) electrons. The summed E-state index contributed by atoms with van der Waals surface area (Å²) in [5.74, 6) is -0.832. The number of phenols is 1. The van der Waals surface area contributed by atoms with E-state index in [1.165, 1.54) is 0 Å². The summed E-state index contributed by atoms with van der Waals surface area (Å²) < 4.78 is 0. The first kappa shape index (κ1) is 14.0. The van der Waals surface area contributed by atoms with Crippen LogP contribution in [-0.4, -0.2) is 28.6 Å². The van der Waals surface area contributed by atoms with Crippen LogP contribution in [0.15, 0.2) is 24.3 Å². The zero-order valence-electron chi connectivity index (χ0n) is 10.1. The summed E-state index contributed by atoms with van der Waals surface area (Å²) >= 11 is 0. The van der Waals surface area contributed by atoms with Crippen LogP contribution in [-0.2, 0) is 16.0 Å². The van der Waals surface area contributed by atoms with Crippen molar-refractivity contribution in [3.8, 4) is 5.75 Å². The lowest BCUT2D eigenvalue weighted by atomic mass is 10.1. The van der Waals surface area contributed by atoms with Crippen molar-refractivity contribution in [1.82, 2.24) is 5.32 Å². The van der Waals surface area contributed by atoms with Gasteiger partial charge in [-0.2, -0.15) is 0 Å². The second-order valence-corrected chi connectivity index (χ2v) is 3.98. The molecule has 0 fully saturated rings. The number of aliphatic carboxylic acids is 1. The van der Waals surface area contributed by atoms with Gasteiger partial charge >= 0.3 is 5.97 Å². The third kappa shape index (κ3) is 5.34. The van der Waals surface area contributed by atoms with E-state index in [0.717, 1.165) is 5.56 Å². The van der Waals surface area contributed by atoms with Crippen LogP contribution < -0.4 is 5.32 Å². The molecule has 5 heteroatoms. The average molecular weight is 251 g/mol. The normalized spacial score (nSPS) is 10.0. The number of carboxylic acid groups (broad SMARTS) is 1. The Balaban J connectivity index is 2.20. The molecular formula is C13H17NO4. The van der Waals surface area contributed by atoms with Crippen molar-refractivity contribution >= 4 is 11.9 Å². The van der Waals surface area contributed by atoms with Gasteiger partial charge < -0.3 is 15.5 Å². The molecule has 0 heterocycles. The molecule has 5 nitrogen and oxygen atoms in total. The zero-order chi connectivity index (χ0) is 13.4. The quantitative estimate of drug-likeness (QED) is 0.681. The van der Waals surface area contributed by atoms with Crippen molar-refractivity contribution in [2.45, 2.75) is 25.7 Å². The number of carbonyl (C=O) groups is 2. The van der Waals surface area contributed by atoms with Crippen LogP contribution in [0.4, 0.5) is 0 Å². The van der Waals surface area contributed by atoms with E-state index in [0.29, 0.717) is 19.4 Å². The Kier molecular flexibility index (Phi) is 5.70. The second kappa shape index (κ2) is 7.32. The number of phenolic OH excluding ortho intramolecular Hbond substituents is 1. The molecule has 98 valence electrons. The first-order valence-electron chi connectivity index (χ1n) is 5.85. The maximum atomic E-state index is 11.3. The standard InChI is InChI=1S/C13H17NO4/c15-11-5-2-1-4-10(11)8-9-14-12(16)6-3-7-13(17)18/h1-2,4-5,15H,3,6-9H2,(H,14,16)(H,17,18). The van der Waals surface area contributed by atoms with Crippen molar-refractivity contribution in [2.75, 3.05) is 6.54 Å². The Hall–Kier alpha value is -2.04. The maximum absolute atomic E-state index is 11.3. The Bertz CT molecular complexity index is 417. The molecule has 1 rings (SSSR count). The Morgan fingerprint density at radius 2 is 1.89 bits per heavy atom. The molecule has 1 aromatic carbocycles. The fourth-order valence-corrected chi connectivity index (χ4v) is 1.55. The fourth-order valence-electron chi connectivity index (χ4n) is 1.55. The first-order valence-corrected chi connectivity index (χ1v) is 5.85. The molecule has 0 aliphatic heterocycles. The number of nitrogens with one attached hydrogen (secondary N) is 1. The minimum Gasteiger partial charge on any atom is -0.508 e. The summed E-state index contributed by atoms with van der Waals surface area (Å²) in [5, 5.41) is 20.6. The highest BCUT2D eigenvalue weighted by atomic mass is 16.4. The van der Waals surface area contributed by atoms with Gasteiger partial charge in [0, 0.05) is 19.4 Å². The number of rotatable bonds is 7. The molecule has 1 amide bonds. The first-order chi connectivity index (χ1) is 8.59. The molecule has 0 aliphatic rings. The van der Waals surface area contributed by atoms with E-state index in [1.54, 1.807) is 18.2 Å². The topological polar surface area (TPSA) is 86.6 Å². The smallest absolute Gasteiger partial charge is 0.303 e. The van der Waals surface area contributed by atoms with Crippen molar-refractivity contribution in [3.63, 3.8) is 0 Å². The molecule has 0 saturated carbocycles. The minimum atomic E-state index is -0.892. The van der Waals surface area contributed by atoms with E-state index in [4.69, 9.17) is 5.11 Å². The van der Waals surface area contributed by atoms with Gasteiger partial charge in [0.25, 0.3) is 0 Å². The predicted octanol–water partition coefficient (Wildman–Crippen LogP) is 1.31. The van der Waals surface area contributed by atoms with Gasteiger partial charge in [0.1, 0.15) is 5.75 Å². The highest BCUT2D eigenvalue weighted by Gasteiger charge is 2.04. The number of aromatic hydroxyl groups is 1. The van der Waals surface area contributed by atoms with E-state index in [2.05, 4.69) is 5.32 Å².